The summed E-state index contributed by atoms with van der Waals surface area (Å²) in [6.07, 6.45) is 1.26. The van der Waals surface area contributed by atoms with E-state index < -0.39 is 0 Å². The highest BCUT2D eigenvalue weighted by Gasteiger charge is 2.00. The molecule has 0 aliphatic heterocycles. The van der Waals surface area contributed by atoms with Crippen LogP contribution in [-0.4, -0.2) is 31.6 Å². The van der Waals surface area contributed by atoms with Crippen molar-refractivity contribution in [2.45, 2.75) is 26.8 Å². The molecule has 1 rings (SSSR count). The van der Waals surface area contributed by atoms with Gasteiger partial charge in [0.15, 0.2) is 0 Å². The summed E-state index contributed by atoms with van der Waals surface area (Å²) in [6.45, 7) is 8.82. The lowest BCUT2D eigenvalue weighted by Gasteiger charge is -2.17. The summed E-state index contributed by atoms with van der Waals surface area (Å²) in [5, 5.41) is 3.49. The molecule has 1 aromatic carbocycles. The third-order valence-electron chi connectivity index (χ3n) is 2.91. The Labute approximate surface area is 120 Å². The molecule has 3 heteroatoms. The van der Waals surface area contributed by atoms with Crippen LogP contribution in [-0.2, 0) is 6.54 Å². The van der Waals surface area contributed by atoms with Crippen molar-refractivity contribution >= 4 is 15.9 Å². The fourth-order valence-electron chi connectivity index (χ4n) is 1.81. The number of rotatable bonds is 8. The minimum absolute atomic E-state index is 0.789. The van der Waals surface area contributed by atoms with E-state index in [1.54, 1.807) is 0 Å². The standard InChI is InChI=1S/C15H25BrN2/c1-13(2)7-8-17-9-10-18(3)12-14-5-4-6-15(16)11-14/h4-6,11,13,17H,7-10,12H2,1-3H3. The van der Waals surface area contributed by atoms with E-state index in [1.807, 2.05) is 0 Å². The Morgan fingerprint density at radius 3 is 2.72 bits per heavy atom. The number of likely N-dealkylation sites (N-methyl/N-ethyl adjacent to an activating group) is 1. The third-order valence-corrected chi connectivity index (χ3v) is 3.40. The zero-order valence-electron chi connectivity index (χ0n) is 11.7. The molecule has 102 valence electrons. The second-order valence-corrected chi connectivity index (χ2v) is 6.22. The van der Waals surface area contributed by atoms with Gasteiger partial charge in [-0.15, -0.1) is 0 Å². The van der Waals surface area contributed by atoms with Crippen molar-refractivity contribution in [3.05, 3.63) is 34.3 Å². The van der Waals surface area contributed by atoms with E-state index in [4.69, 9.17) is 0 Å². The Morgan fingerprint density at radius 1 is 1.28 bits per heavy atom. The average molecular weight is 313 g/mol. The molecule has 0 saturated heterocycles. The van der Waals surface area contributed by atoms with Gasteiger partial charge in [0.1, 0.15) is 0 Å². The Balaban J connectivity index is 2.16. The summed E-state index contributed by atoms with van der Waals surface area (Å²) >= 11 is 3.51. The molecule has 0 bridgehead atoms. The highest BCUT2D eigenvalue weighted by atomic mass is 79.9. The lowest BCUT2D eigenvalue weighted by atomic mass is 10.1. The van der Waals surface area contributed by atoms with Gasteiger partial charge in [0.2, 0.25) is 0 Å². The highest BCUT2D eigenvalue weighted by molar-refractivity contribution is 9.10. The first-order chi connectivity index (χ1) is 8.58. The number of benzene rings is 1. The van der Waals surface area contributed by atoms with Crippen LogP contribution < -0.4 is 5.32 Å². The molecule has 0 spiro atoms. The maximum absolute atomic E-state index is 3.51. The summed E-state index contributed by atoms with van der Waals surface area (Å²) in [6, 6.07) is 8.52. The molecule has 0 aliphatic rings. The molecule has 0 heterocycles. The van der Waals surface area contributed by atoms with Gasteiger partial charge in [-0.3, -0.25) is 0 Å². The second-order valence-electron chi connectivity index (χ2n) is 5.30. The summed E-state index contributed by atoms with van der Waals surface area (Å²) in [5.74, 6) is 0.789. The number of hydrogen-bond donors (Lipinski definition) is 1. The number of hydrogen-bond acceptors (Lipinski definition) is 2. The van der Waals surface area contributed by atoms with E-state index in [1.165, 1.54) is 12.0 Å². The molecule has 0 atom stereocenters. The van der Waals surface area contributed by atoms with E-state index in [-0.39, 0.29) is 0 Å². The predicted molar refractivity (Wildman–Crippen MR) is 82.8 cm³/mol. The lowest BCUT2D eigenvalue weighted by Crippen LogP contribution is -2.29. The van der Waals surface area contributed by atoms with Crippen LogP contribution >= 0.6 is 15.9 Å². The Hall–Kier alpha value is -0.380. The molecule has 1 N–H and O–H groups in total. The van der Waals surface area contributed by atoms with Gasteiger partial charge < -0.3 is 10.2 Å². The van der Waals surface area contributed by atoms with E-state index in [0.29, 0.717) is 0 Å². The Bertz CT molecular complexity index is 339. The molecular formula is C15H25BrN2. The summed E-state index contributed by atoms with van der Waals surface area (Å²) in [7, 11) is 2.17. The molecule has 0 fully saturated rings. The number of nitrogens with one attached hydrogen (secondary N) is 1. The van der Waals surface area contributed by atoms with Gasteiger partial charge in [-0.1, -0.05) is 41.9 Å². The summed E-state index contributed by atoms with van der Waals surface area (Å²) in [4.78, 5) is 2.35. The number of nitrogens with zero attached hydrogens (tertiary/aromatic N) is 1. The quantitative estimate of drug-likeness (QED) is 0.739. The molecule has 0 amide bonds. The second kappa shape index (κ2) is 8.68. The molecule has 0 unspecified atom stereocenters. The van der Waals surface area contributed by atoms with E-state index in [9.17, 15) is 0 Å². The average Bonchev–Trinajstić information content (AvgIpc) is 2.28. The topological polar surface area (TPSA) is 15.3 Å². The zero-order valence-corrected chi connectivity index (χ0v) is 13.3. The maximum atomic E-state index is 3.51. The van der Waals surface area contributed by atoms with Crippen LogP contribution in [0.5, 0.6) is 0 Å². The van der Waals surface area contributed by atoms with Crippen molar-refractivity contribution in [3.63, 3.8) is 0 Å². The van der Waals surface area contributed by atoms with Crippen molar-refractivity contribution < 1.29 is 0 Å². The molecule has 2 nitrogen and oxygen atoms in total. The van der Waals surface area contributed by atoms with Crippen molar-refractivity contribution in [1.29, 1.82) is 0 Å². The first-order valence-electron chi connectivity index (χ1n) is 6.71. The van der Waals surface area contributed by atoms with Gasteiger partial charge >= 0.3 is 0 Å². The molecule has 0 radical (unpaired) electrons. The van der Waals surface area contributed by atoms with Crippen LogP contribution in [0.1, 0.15) is 25.8 Å². The first kappa shape index (κ1) is 15.7. The van der Waals surface area contributed by atoms with Gasteiger partial charge in [0, 0.05) is 24.1 Å². The minimum Gasteiger partial charge on any atom is -0.315 e. The summed E-state index contributed by atoms with van der Waals surface area (Å²) in [5.41, 5.74) is 1.36. The molecule has 0 aliphatic carbocycles. The van der Waals surface area contributed by atoms with Crippen molar-refractivity contribution in [2.75, 3.05) is 26.7 Å². The van der Waals surface area contributed by atoms with Crippen LogP contribution in [0, 0.1) is 5.92 Å². The molecule has 0 saturated carbocycles. The molecular weight excluding hydrogens is 288 g/mol. The van der Waals surface area contributed by atoms with Gasteiger partial charge in [-0.2, -0.15) is 0 Å². The van der Waals surface area contributed by atoms with Crippen LogP contribution in [0.2, 0.25) is 0 Å². The fourth-order valence-corrected chi connectivity index (χ4v) is 2.26. The van der Waals surface area contributed by atoms with Gasteiger partial charge in [0.05, 0.1) is 0 Å². The van der Waals surface area contributed by atoms with Crippen LogP contribution in [0.4, 0.5) is 0 Å². The minimum atomic E-state index is 0.789. The van der Waals surface area contributed by atoms with Crippen molar-refractivity contribution in [2.24, 2.45) is 5.92 Å². The van der Waals surface area contributed by atoms with E-state index >= 15 is 0 Å². The van der Waals surface area contributed by atoms with Gasteiger partial charge in [-0.05, 0) is 43.6 Å². The van der Waals surface area contributed by atoms with Crippen LogP contribution in [0.15, 0.2) is 28.7 Å². The van der Waals surface area contributed by atoms with Crippen molar-refractivity contribution in [1.82, 2.24) is 10.2 Å². The molecule has 18 heavy (non-hydrogen) atoms. The first-order valence-corrected chi connectivity index (χ1v) is 7.51. The zero-order chi connectivity index (χ0) is 13.4. The van der Waals surface area contributed by atoms with Crippen LogP contribution in [0.25, 0.3) is 0 Å². The fraction of sp³-hybridized carbons (Fsp3) is 0.600. The third kappa shape index (κ3) is 7.14. The molecule has 1 aromatic rings. The van der Waals surface area contributed by atoms with Gasteiger partial charge in [-0.25, -0.2) is 0 Å². The Morgan fingerprint density at radius 2 is 2.06 bits per heavy atom. The monoisotopic (exact) mass is 312 g/mol. The molecule has 0 aromatic heterocycles. The maximum Gasteiger partial charge on any atom is 0.0231 e. The largest absolute Gasteiger partial charge is 0.315 e. The SMILES string of the molecule is CC(C)CCNCCN(C)Cc1cccc(Br)c1. The Kier molecular flexibility index (Phi) is 7.56. The van der Waals surface area contributed by atoms with Crippen LogP contribution in [0.3, 0.4) is 0 Å². The summed E-state index contributed by atoms with van der Waals surface area (Å²) < 4.78 is 1.16. The predicted octanol–water partition coefficient (Wildman–Crippen LogP) is 3.52. The van der Waals surface area contributed by atoms with Gasteiger partial charge in [0.25, 0.3) is 0 Å². The van der Waals surface area contributed by atoms with E-state index in [0.717, 1.165) is 36.6 Å². The smallest absolute Gasteiger partial charge is 0.0231 e. The highest BCUT2D eigenvalue weighted by Crippen LogP contribution is 2.12. The number of halogens is 1. The lowest BCUT2D eigenvalue weighted by molar-refractivity contribution is 0.323. The van der Waals surface area contributed by atoms with Crippen molar-refractivity contribution in [3.8, 4) is 0 Å². The normalized spacial score (nSPS) is 11.4. The van der Waals surface area contributed by atoms with E-state index in [2.05, 4.69) is 71.3 Å².